The van der Waals surface area contributed by atoms with Gasteiger partial charge >= 0.3 is 6.09 Å². The van der Waals surface area contributed by atoms with Gasteiger partial charge in [0.15, 0.2) is 0 Å². The maximum atomic E-state index is 13.9. The third kappa shape index (κ3) is 5.39. The van der Waals surface area contributed by atoms with Gasteiger partial charge in [-0.1, -0.05) is 30.3 Å². The molecule has 1 heterocycles. The third-order valence-electron chi connectivity index (χ3n) is 6.23. The second-order valence-corrected chi connectivity index (χ2v) is 9.45. The van der Waals surface area contributed by atoms with E-state index in [0.717, 1.165) is 10.9 Å². The molecular formula is C25H25BrFN5O2. The minimum atomic E-state index is -0.640. The summed E-state index contributed by atoms with van der Waals surface area (Å²) < 4.78 is 19.7. The van der Waals surface area contributed by atoms with E-state index in [0.29, 0.717) is 47.0 Å². The number of anilines is 2. The summed E-state index contributed by atoms with van der Waals surface area (Å²) in [5.74, 6) is -0.389. The maximum Gasteiger partial charge on any atom is 0.407 e. The summed E-state index contributed by atoms with van der Waals surface area (Å²) in [6.45, 7) is 0.171. The minimum absolute atomic E-state index is 0.0747. The normalized spacial score (nSPS) is 19.9. The van der Waals surface area contributed by atoms with E-state index in [9.17, 15) is 14.4 Å². The number of aromatic nitrogens is 1. The van der Waals surface area contributed by atoms with Crippen LogP contribution >= 0.6 is 15.9 Å². The fraction of sp³-hybridized carbons (Fsp3) is 0.320. The number of nitrogens with two attached hydrogens (primary N) is 1. The number of carbonyl (C=O) groups excluding carboxylic acids is 1. The second kappa shape index (κ2) is 10.3. The van der Waals surface area contributed by atoms with Crippen molar-refractivity contribution in [2.24, 2.45) is 0 Å². The van der Waals surface area contributed by atoms with Gasteiger partial charge in [-0.15, -0.1) is 0 Å². The number of nitrogens with one attached hydrogen (secondary N) is 2. The number of amides is 1. The summed E-state index contributed by atoms with van der Waals surface area (Å²) in [7, 11) is 0. The molecule has 0 atom stereocenters. The summed E-state index contributed by atoms with van der Waals surface area (Å²) in [4.78, 5) is 16.7. The van der Waals surface area contributed by atoms with Crippen molar-refractivity contribution in [1.29, 1.82) is 5.26 Å². The molecule has 176 valence electrons. The van der Waals surface area contributed by atoms with E-state index in [1.54, 1.807) is 6.07 Å². The van der Waals surface area contributed by atoms with Gasteiger partial charge in [0.05, 0.1) is 45.6 Å². The number of nitrogens with zero attached hydrogens (tertiary/aromatic N) is 2. The Morgan fingerprint density at radius 3 is 2.74 bits per heavy atom. The van der Waals surface area contributed by atoms with Gasteiger partial charge in [-0.3, -0.25) is 4.98 Å². The highest BCUT2D eigenvalue weighted by molar-refractivity contribution is 9.10. The van der Waals surface area contributed by atoms with Crippen LogP contribution in [0.15, 0.2) is 53.1 Å². The molecule has 1 amide bonds. The first-order chi connectivity index (χ1) is 16.4. The molecule has 0 unspecified atom stereocenters. The molecule has 4 rings (SSSR count). The van der Waals surface area contributed by atoms with Crippen LogP contribution in [0.5, 0.6) is 0 Å². The first-order valence-electron chi connectivity index (χ1n) is 11.0. The molecule has 1 aromatic heterocycles. The number of halogens is 2. The zero-order valence-corrected chi connectivity index (χ0v) is 20.1. The summed E-state index contributed by atoms with van der Waals surface area (Å²) in [6, 6.07) is 14.8. The lowest BCUT2D eigenvalue weighted by Crippen LogP contribution is -2.52. The average Bonchev–Trinajstić information content (AvgIpc) is 2.83. The van der Waals surface area contributed by atoms with E-state index in [1.807, 2.05) is 30.3 Å². The lowest BCUT2D eigenvalue weighted by atomic mass is 9.77. The van der Waals surface area contributed by atoms with Crippen molar-refractivity contribution >= 4 is 44.3 Å². The van der Waals surface area contributed by atoms with Crippen molar-refractivity contribution in [1.82, 2.24) is 10.3 Å². The van der Waals surface area contributed by atoms with Crippen molar-refractivity contribution in [3.05, 3.63) is 64.5 Å². The van der Waals surface area contributed by atoms with E-state index in [1.165, 1.54) is 12.3 Å². The van der Waals surface area contributed by atoms with Crippen molar-refractivity contribution in [2.75, 3.05) is 11.1 Å². The number of pyridine rings is 1. The monoisotopic (exact) mass is 525 g/mol. The number of nitrogen functional groups attached to an aromatic ring is 1. The van der Waals surface area contributed by atoms with Crippen LogP contribution in [0.2, 0.25) is 0 Å². The molecular weight excluding hydrogens is 501 g/mol. The van der Waals surface area contributed by atoms with Crippen LogP contribution in [0, 0.1) is 17.1 Å². The highest BCUT2D eigenvalue weighted by Crippen LogP contribution is 2.36. The molecule has 0 spiro atoms. The zero-order valence-electron chi connectivity index (χ0n) is 18.5. The Labute approximate surface area is 205 Å². The number of hydrogen-bond acceptors (Lipinski definition) is 6. The molecule has 0 radical (unpaired) electrons. The van der Waals surface area contributed by atoms with Crippen molar-refractivity contribution < 1.29 is 13.9 Å². The Hall–Kier alpha value is -3.38. The first-order valence-corrected chi connectivity index (χ1v) is 11.8. The largest absolute Gasteiger partial charge is 0.445 e. The summed E-state index contributed by atoms with van der Waals surface area (Å²) in [6.07, 6.45) is 3.85. The zero-order chi connectivity index (χ0) is 24.1. The van der Waals surface area contributed by atoms with Gasteiger partial charge < -0.3 is 21.1 Å². The molecule has 0 bridgehead atoms. The van der Waals surface area contributed by atoms with Gasteiger partial charge in [-0.25, -0.2) is 9.18 Å². The summed E-state index contributed by atoms with van der Waals surface area (Å²) >= 11 is 3.23. The number of nitriles is 1. The lowest BCUT2D eigenvalue weighted by Gasteiger charge is -2.39. The fourth-order valence-corrected chi connectivity index (χ4v) is 4.70. The number of rotatable bonds is 6. The molecule has 1 aliphatic carbocycles. The average molecular weight is 526 g/mol. The Kier molecular flexibility index (Phi) is 7.17. The van der Waals surface area contributed by atoms with Gasteiger partial charge in [-0.2, -0.15) is 5.26 Å². The third-order valence-corrected chi connectivity index (χ3v) is 6.84. The molecule has 34 heavy (non-hydrogen) atoms. The number of hydrogen-bond donors (Lipinski definition) is 3. The highest BCUT2D eigenvalue weighted by Gasteiger charge is 2.37. The molecule has 9 heteroatoms. The molecule has 1 saturated carbocycles. The van der Waals surface area contributed by atoms with Crippen LogP contribution in [-0.2, 0) is 11.3 Å². The lowest BCUT2D eigenvalue weighted by molar-refractivity contribution is 0.117. The standard InChI is InChI=1S/C25H25BrFN5O2/c26-19-12-18-22(13-20(19)27)30-14-21(29)23(18)31-17-6-8-25(9-7-17,10-11-28)32-24(33)34-15-16-4-2-1-3-5-16/h1-5,12-14,17H,6-10,15,29H2,(H,30,31)(H,32,33). The maximum absolute atomic E-state index is 13.9. The predicted molar refractivity (Wildman–Crippen MR) is 132 cm³/mol. The summed E-state index contributed by atoms with van der Waals surface area (Å²) in [5, 5.41) is 16.6. The van der Waals surface area contributed by atoms with Crippen LogP contribution in [0.25, 0.3) is 10.9 Å². The van der Waals surface area contributed by atoms with E-state index >= 15 is 0 Å². The quantitative estimate of drug-likeness (QED) is 0.383. The Bertz CT molecular complexity index is 1220. The number of ether oxygens (including phenoxy) is 1. The smallest absolute Gasteiger partial charge is 0.407 e. The van der Waals surface area contributed by atoms with E-state index in [2.05, 4.69) is 37.6 Å². The van der Waals surface area contributed by atoms with E-state index < -0.39 is 11.6 Å². The molecule has 4 N–H and O–H groups in total. The first kappa shape index (κ1) is 23.8. The van der Waals surface area contributed by atoms with Gasteiger partial charge in [0.25, 0.3) is 0 Å². The number of fused-ring (bicyclic) bond motifs is 1. The molecule has 2 aromatic carbocycles. The minimum Gasteiger partial charge on any atom is -0.445 e. The molecule has 1 aliphatic rings. The van der Waals surface area contributed by atoms with Crippen LogP contribution in [-0.4, -0.2) is 22.7 Å². The van der Waals surface area contributed by atoms with Gasteiger partial charge in [-0.05, 0) is 53.2 Å². The molecule has 3 aromatic rings. The van der Waals surface area contributed by atoms with E-state index in [4.69, 9.17) is 10.5 Å². The Morgan fingerprint density at radius 1 is 1.29 bits per heavy atom. The van der Waals surface area contributed by atoms with Crippen molar-refractivity contribution in [2.45, 2.75) is 50.3 Å². The van der Waals surface area contributed by atoms with Crippen molar-refractivity contribution in [3.63, 3.8) is 0 Å². The van der Waals surface area contributed by atoms with Crippen molar-refractivity contribution in [3.8, 4) is 6.07 Å². The molecule has 7 nitrogen and oxygen atoms in total. The number of carbonyl (C=O) groups is 1. The highest BCUT2D eigenvalue weighted by atomic mass is 79.9. The Morgan fingerprint density at radius 2 is 2.03 bits per heavy atom. The SMILES string of the molecule is N#CCC1(NC(=O)OCc2ccccc2)CCC(Nc2c(N)cnc3cc(F)c(Br)cc23)CC1. The predicted octanol–water partition coefficient (Wildman–Crippen LogP) is 5.65. The molecule has 0 aliphatic heterocycles. The van der Waals surface area contributed by atoms with Gasteiger partial charge in [0.2, 0.25) is 0 Å². The Balaban J connectivity index is 1.41. The van der Waals surface area contributed by atoms with Crippen LogP contribution in [0.4, 0.5) is 20.6 Å². The van der Waals surface area contributed by atoms with E-state index in [-0.39, 0.29) is 24.9 Å². The topological polar surface area (TPSA) is 113 Å². The van der Waals surface area contributed by atoms with Crippen LogP contribution < -0.4 is 16.4 Å². The number of alkyl carbamates (subject to hydrolysis) is 1. The van der Waals surface area contributed by atoms with Gasteiger partial charge in [0, 0.05) is 17.5 Å². The van der Waals surface area contributed by atoms with Gasteiger partial charge in [0.1, 0.15) is 12.4 Å². The summed E-state index contributed by atoms with van der Waals surface area (Å²) in [5.41, 5.74) is 8.14. The fourth-order valence-electron chi connectivity index (χ4n) is 4.36. The molecule has 0 saturated heterocycles. The molecule has 1 fully saturated rings. The van der Waals surface area contributed by atoms with Crippen LogP contribution in [0.3, 0.4) is 0 Å². The second-order valence-electron chi connectivity index (χ2n) is 8.59. The number of benzene rings is 2. The van der Waals surface area contributed by atoms with Crippen LogP contribution in [0.1, 0.15) is 37.7 Å².